The smallest absolute Gasteiger partial charge is 0.0833 e. The average molecular weight is 262 g/mol. The van der Waals surface area contributed by atoms with Crippen LogP contribution in [0.25, 0.3) is 0 Å². The molecule has 1 spiro atoms. The number of hydrogen-bond acceptors (Lipinski definition) is 2. The predicted octanol–water partition coefficient (Wildman–Crippen LogP) is 3.55. The van der Waals surface area contributed by atoms with Crippen LogP contribution in [0.3, 0.4) is 0 Å². The van der Waals surface area contributed by atoms with Crippen LogP contribution in [0.15, 0.2) is 24.3 Å². The van der Waals surface area contributed by atoms with Gasteiger partial charge in [0.15, 0.2) is 0 Å². The van der Waals surface area contributed by atoms with Crippen LogP contribution in [-0.2, 0) is 10.2 Å². The second-order valence-electron chi connectivity index (χ2n) is 5.77. The summed E-state index contributed by atoms with van der Waals surface area (Å²) in [7, 11) is 1.75. The zero-order valence-corrected chi connectivity index (χ0v) is 11.2. The zero-order chi connectivity index (χ0) is 12.8. The van der Waals surface area contributed by atoms with Crippen molar-refractivity contribution in [3.63, 3.8) is 0 Å². The first-order chi connectivity index (χ1) is 8.64. The number of rotatable bonds is 3. The van der Waals surface area contributed by atoms with Gasteiger partial charge in [-0.3, -0.25) is 0 Å². The van der Waals surface area contributed by atoms with E-state index in [9.17, 15) is 5.26 Å². The molecule has 18 heavy (non-hydrogen) atoms. The maximum absolute atomic E-state index is 9.52. The van der Waals surface area contributed by atoms with Crippen molar-refractivity contribution in [1.82, 2.24) is 0 Å². The molecule has 1 unspecified atom stereocenters. The van der Waals surface area contributed by atoms with Gasteiger partial charge in [0, 0.05) is 18.7 Å². The molecule has 2 fully saturated rings. The summed E-state index contributed by atoms with van der Waals surface area (Å²) in [6.07, 6.45) is 3.18. The largest absolute Gasteiger partial charge is 0.384 e. The minimum absolute atomic E-state index is 0.285. The van der Waals surface area contributed by atoms with Crippen LogP contribution < -0.4 is 0 Å². The highest BCUT2D eigenvalue weighted by Crippen LogP contribution is 2.72. The fourth-order valence-corrected chi connectivity index (χ4v) is 3.69. The highest BCUT2D eigenvalue weighted by molar-refractivity contribution is 6.30. The van der Waals surface area contributed by atoms with Crippen molar-refractivity contribution in [2.24, 2.45) is 11.3 Å². The lowest BCUT2D eigenvalue weighted by molar-refractivity contribution is 0.109. The first-order valence-electron chi connectivity index (χ1n) is 6.30. The van der Waals surface area contributed by atoms with Gasteiger partial charge in [0.25, 0.3) is 0 Å². The Morgan fingerprint density at radius 3 is 2.61 bits per heavy atom. The number of nitriles is 1. The Bertz CT molecular complexity index is 496. The quantitative estimate of drug-likeness (QED) is 0.834. The first-order valence-corrected chi connectivity index (χ1v) is 6.68. The van der Waals surface area contributed by atoms with Crippen LogP contribution >= 0.6 is 11.6 Å². The van der Waals surface area contributed by atoms with Gasteiger partial charge in [-0.05, 0) is 48.3 Å². The Morgan fingerprint density at radius 1 is 1.39 bits per heavy atom. The third-order valence-corrected chi connectivity index (χ3v) is 4.90. The van der Waals surface area contributed by atoms with Crippen molar-refractivity contribution in [2.75, 3.05) is 13.7 Å². The lowest BCUT2D eigenvalue weighted by Gasteiger charge is -2.44. The van der Waals surface area contributed by atoms with Gasteiger partial charge in [0.2, 0.25) is 0 Å². The number of methoxy groups -OCH3 is 1. The molecule has 0 N–H and O–H groups in total. The molecule has 94 valence electrons. The molecule has 0 bridgehead atoms. The molecule has 0 saturated heterocycles. The first kappa shape index (κ1) is 12.0. The number of nitrogens with zero attached hydrogens (tertiary/aromatic N) is 1. The monoisotopic (exact) mass is 261 g/mol. The summed E-state index contributed by atoms with van der Waals surface area (Å²) in [5, 5.41) is 10.2. The number of benzene rings is 1. The summed E-state index contributed by atoms with van der Waals surface area (Å²) >= 11 is 5.90. The molecular weight excluding hydrogens is 246 g/mol. The zero-order valence-electron chi connectivity index (χ0n) is 10.4. The van der Waals surface area contributed by atoms with Crippen LogP contribution in [0.4, 0.5) is 0 Å². The van der Waals surface area contributed by atoms with Gasteiger partial charge in [-0.25, -0.2) is 0 Å². The molecule has 0 amide bonds. The van der Waals surface area contributed by atoms with E-state index in [1.165, 1.54) is 6.42 Å². The SMILES string of the molecule is COCC1CC12CC(C#N)(c1ccc(Cl)cc1)C2. The molecule has 0 aromatic heterocycles. The standard InChI is InChI=1S/C15H16ClNO/c1-18-7-12-6-14(12)8-15(9-14,10-17)11-2-4-13(16)5-3-11/h2-5,12H,6-9H2,1H3. The van der Waals surface area contributed by atoms with Crippen molar-refractivity contribution in [1.29, 1.82) is 5.26 Å². The number of halogens is 1. The topological polar surface area (TPSA) is 33.0 Å². The fraction of sp³-hybridized carbons (Fsp3) is 0.533. The third kappa shape index (κ3) is 1.66. The molecule has 3 rings (SSSR count). The molecule has 2 aliphatic carbocycles. The van der Waals surface area contributed by atoms with Crippen molar-refractivity contribution in [3.05, 3.63) is 34.9 Å². The minimum Gasteiger partial charge on any atom is -0.384 e. The van der Waals surface area contributed by atoms with E-state index >= 15 is 0 Å². The van der Waals surface area contributed by atoms with Gasteiger partial charge in [-0.1, -0.05) is 23.7 Å². The van der Waals surface area contributed by atoms with Crippen molar-refractivity contribution in [2.45, 2.75) is 24.7 Å². The lowest BCUT2D eigenvalue weighted by Crippen LogP contribution is -2.42. The molecular formula is C15H16ClNO. The highest BCUT2D eigenvalue weighted by atomic mass is 35.5. The minimum atomic E-state index is -0.285. The summed E-state index contributed by atoms with van der Waals surface area (Å²) in [4.78, 5) is 0. The summed E-state index contributed by atoms with van der Waals surface area (Å²) in [6, 6.07) is 10.3. The van der Waals surface area contributed by atoms with Crippen LogP contribution in [-0.4, -0.2) is 13.7 Å². The second kappa shape index (κ2) is 3.98. The van der Waals surface area contributed by atoms with Gasteiger partial charge < -0.3 is 4.74 Å². The molecule has 0 heterocycles. The van der Waals surface area contributed by atoms with Gasteiger partial charge in [0.1, 0.15) is 0 Å². The highest BCUT2D eigenvalue weighted by Gasteiger charge is 2.67. The molecule has 2 nitrogen and oxygen atoms in total. The molecule has 1 aromatic rings. The van der Waals surface area contributed by atoms with Crippen molar-refractivity contribution >= 4 is 11.6 Å². The molecule has 0 radical (unpaired) electrons. The van der Waals surface area contributed by atoms with E-state index in [-0.39, 0.29) is 5.41 Å². The molecule has 2 saturated carbocycles. The Kier molecular flexibility index (Phi) is 2.66. The molecule has 1 atom stereocenters. The van der Waals surface area contributed by atoms with Crippen LogP contribution in [0.2, 0.25) is 5.02 Å². The van der Waals surface area contributed by atoms with E-state index in [0.29, 0.717) is 11.3 Å². The van der Waals surface area contributed by atoms with E-state index in [0.717, 1.165) is 30.0 Å². The van der Waals surface area contributed by atoms with E-state index in [2.05, 4.69) is 6.07 Å². The normalized spacial score (nSPS) is 37.1. The van der Waals surface area contributed by atoms with Crippen molar-refractivity contribution in [3.8, 4) is 6.07 Å². The van der Waals surface area contributed by atoms with Crippen LogP contribution in [0.1, 0.15) is 24.8 Å². The molecule has 3 heteroatoms. The summed E-state index contributed by atoms with van der Waals surface area (Å²) < 4.78 is 5.22. The summed E-state index contributed by atoms with van der Waals surface area (Å²) in [5.74, 6) is 0.663. The number of ether oxygens (including phenoxy) is 1. The number of hydrogen-bond donors (Lipinski definition) is 0. The molecule has 1 aromatic carbocycles. The van der Waals surface area contributed by atoms with Crippen molar-refractivity contribution < 1.29 is 4.74 Å². The predicted molar refractivity (Wildman–Crippen MR) is 70.4 cm³/mol. The van der Waals surface area contributed by atoms with Gasteiger partial charge in [0.05, 0.1) is 11.5 Å². The Balaban J connectivity index is 1.76. The van der Waals surface area contributed by atoms with Gasteiger partial charge in [-0.15, -0.1) is 0 Å². The Hall–Kier alpha value is -1.04. The third-order valence-electron chi connectivity index (χ3n) is 4.65. The molecule has 2 aliphatic rings. The van der Waals surface area contributed by atoms with E-state index in [1.54, 1.807) is 7.11 Å². The maximum Gasteiger partial charge on any atom is 0.0833 e. The fourth-order valence-electron chi connectivity index (χ4n) is 3.57. The molecule has 0 aliphatic heterocycles. The second-order valence-corrected chi connectivity index (χ2v) is 6.21. The van der Waals surface area contributed by atoms with Crippen LogP contribution in [0.5, 0.6) is 0 Å². The maximum atomic E-state index is 9.52. The Labute approximate surface area is 113 Å². The summed E-state index contributed by atoms with van der Waals surface area (Å²) in [5.41, 5.74) is 1.22. The Morgan fingerprint density at radius 2 is 2.06 bits per heavy atom. The van der Waals surface area contributed by atoms with E-state index < -0.39 is 0 Å². The van der Waals surface area contributed by atoms with Gasteiger partial charge in [-0.2, -0.15) is 5.26 Å². The van der Waals surface area contributed by atoms with Crippen LogP contribution in [0, 0.1) is 22.7 Å². The lowest BCUT2D eigenvalue weighted by atomic mass is 9.56. The van der Waals surface area contributed by atoms with Gasteiger partial charge >= 0.3 is 0 Å². The van der Waals surface area contributed by atoms with E-state index in [1.807, 2.05) is 24.3 Å². The summed E-state index contributed by atoms with van der Waals surface area (Å²) in [6.45, 7) is 0.835. The van der Waals surface area contributed by atoms with E-state index in [4.69, 9.17) is 16.3 Å². The average Bonchev–Trinajstić information content (AvgIpc) is 3.02.